The molecule has 0 heterocycles. The second kappa shape index (κ2) is 18.0. The standard InChI is InChI=1S/C30H34O9/c1-3-27(31)35-21-9-5-7-11-29(33)38-25-17-13-23(14-18-25)37-24-15-19-26(20-16-24)39-30(34)12-8-6-10-22-36-28(32)4-2/h3-4,13-20H,1-2,5-12,21-22H2. The van der Waals surface area contributed by atoms with Gasteiger partial charge in [-0.1, -0.05) is 13.2 Å². The zero-order valence-corrected chi connectivity index (χ0v) is 21.9. The van der Waals surface area contributed by atoms with E-state index in [1.807, 2.05) is 0 Å². The minimum absolute atomic E-state index is 0.262. The lowest BCUT2D eigenvalue weighted by Gasteiger charge is -2.09. The smallest absolute Gasteiger partial charge is 0.330 e. The predicted molar refractivity (Wildman–Crippen MR) is 143 cm³/mol. The molecular weight excluding hydrogens is 504 g/mol. The summed E-state index contributed by atoms with van der Waals surface area (Å²) in [5, 5.41) is 0. The minimum atomic E-state index is -0.453. The number of hydrogen-bond donors (Lipinski definition) is 0. The molecule has 0 aliphatic heterocycles. The Bertz CT molecular complexity index is 1000. The highest BCUT2D eigenvalue weighted by atomic mass is 16.5. The Balaban J connectivity index is 1.64. The minimum Gasteiger partial charge on any atom is -0.463 e. The van der Waals surface area contributed by atoms with Gasteiger partial charge in [-0.15, -0.1) is 0 Å². The molecular formula is C30H34O9. The van der Waals surface area contributed by atoms with Gasteiger partial charge in [0.1, 0.15) is 23.0 Å². The van der Waals surface area contributed by atoms with Crippen LogP contribution in [0, 0.1) is 0 Å². The van der Waals surface area contributed by atoms with E-state index in [2.05, 4.69) is 13.2 Å². The van der Waals surface area contributed by atoms with E-state index in [0.29, 0.717) is 61.9 Å². The van der Waals surface area contributed by atoms with Gasteiger partial charge in [-0.25, -0.2) is 9.59 Å². The van der Waals surface area contributed by atoms with Gasteiger partial charge in [-0.05, 0) is 87.1 Å². The zero-order chi connectivity index (χ0) is 28.3. The van der Waals surface area contributed by atoms with Crippen molar-refractivity contribution >= 4 is 23.9 Å². The van der Waals surface area contributed by atoms with E-state index in [9.17, 15) is 19.2 Å². The normalized spacial score (nSPS) is 10.2. The number of rotatable bonds is 18. The first-order chi connectivity index (χ1) is 18.9. The van der Waals surface area contributed by atoms with Crippen LogP contribution in [0.15, 0.2) is 73.8 Å². The molecule has 0 saturated carbocycles. The van der Waals surface area contributed by atoms with Crippen LogP contribution < -0.4 is 14.2 Å². The van der Waals surface area contributed by atoms with Gasteiger partial charge in [0.25, 0.3) is 0 Å². The van der Waals surface area contributed by atoms with Crippen LogP contribution in [0.4, 0.5) is 0 Å². The summed E-state index contributed by atoms with van der Waals surface area (Å²) in [5.41, 5.74) is 0. The molecule has 0 spiro atoms. The maximum atomic E-state index is 12.0. The van der Waals surface area contributed by atoms with Gasteiger partial charge < -0.3 is 23.7 Å². The summed E-state index contributed by atoms with van der Waals surface area (Å²) in [6, 6.07) is 13.3. The molecule has 9 heteroatoms. The lowest BCUT2D eigenvalue weighted by atomic mass is 10.2. The van der Waals surface area contributed by atoms with Gasteiger partial charge >= 0.3 is 23.9 Å². The predicted octanol–water partition coefficient (Wildman–Crippen LogP) is 5.87. The highest BCUT2D eigenvalue weighted by Gasteiger charge is 2.08. The molecule has 2 aromatic carbocycles. The van der Waals surface area contributed by atoms with Crippen molar-refractivity contribution in [1.29, 1.82) is 0 Å². The third kappa shape index (κ3) is 13.6. The van der Waals surface area contributed by atoms with Gasteiger partial charge in [-0.3, -0.25) is 9.59 Å². The van der Waals surface area contributed by atoms with Crippen LogP contribution in [-0.2, 0) is 28.7 Å². The first kappa shape index (κ1) is 30.8. The number of unbranched alkanes of at least 4 members (excludes halogenated alkanes) is 4. The molecule has 0 unspecified atom stereocenters. The lowest BCUT2D eigenvalue weighted by molar-refractivity contribution is -0.138. The van der Waals surface area contributed by atoms with Crippen LogP contribution in [-0.4, -0.2) is 37.1 Å². The quantitative estimate of drug-likeness (QED) is 0.0995. The Hall–Kier alpha value is -4.40. The molecule has 0 aliphatic rings. The van der Waals surface area contributed by atoms with E-state index in [-0.39, 0.29) is 24.8 Å². The topological polar surface area (TPSA) is 114 Å². The summed E-state index contributed by atoms with van der Waals surface area (Å²) in [7, 11) is 0. The first-order valence-electron chi connectivity index (χ1n) is 12.8. The van der Waals surface area contributed by atoms with Crippen molar-refractivity contribution in [2.45, 2.75) is 51.4 Å². The van der Waals surface area contributed by atoms with Gasteiger partial charge in [0.2, 0.25) is 0 Å². The zero-order valence-electron chi connectivity index (χ0n) is 21.9. The highest BCUT2D eigenvalue weighted by Crippen LogP contribution is 2.26. The molecule has 0 N–H and O–H groups in total. The van der Waals surface area contributed by atoms with E-state index in [0.717, 1.165) is 25.0 Å². The van der Waals surface area contributed by atoms with Gasteiger partial charge in [-0.2, -0.15) is 0 Å². The lowest BCUT2D eigenvalue weighted by Crippen LogP contribution is -2.08. The monoisotopic (exact) mass is 538 g/mol. The summed E-state index contributed by atoms with van der Waals surface area (Å²) in [5.74, 6) is 0.327. The average molecular weight is 539 g/mol. The van der Waals surface area contributed by atoms with Crippen molar-refractivity contribution in [3.05, 3.63) is 73.8 Å². The maximum absolute atomic E-state index is 12.0. The summed E-state index contributed by atoms with van der Waals surface area (Å²) >= 11 is 0. The largest absolute Gasteiger partial charge is 0.463 e. The SMILES string of the molecule is C=CC(=O)OCCCCCC(=O)Oc1ccc(Oc2ccc(OC(=O)CCCCCOC(=O)C=C)cc2)cc1. The molecule has 0 saturated heterocycles. The number of carbonyl (C=O) groups is 4. The molecule has 0 atom stereocenters. The molecule has 0 amide bonds. The molecule has 0 fully saturated rings. The van der Waals surface area contributed by atoms with E-state index in [1.54, 1.807) is 48.5 Å². The summed E-state index contributed by atoms with van der Waals surface area (Å²) in [4.78, 5) is 45.9. The fourth-order valence-corrected chi connectivity index (χ4v) is 3.21. The fourth-order valence-electron chi connectivity index (χ4n) is 3.21. The molecule has 0 radical (unpaired) electrons. The van der Waals surface area contributed by atoms with Crippen molar-refractivity contribution in [1.82, 2.24) is 0 Å². The first-order valence-corrected chi connectivity index (χ1v) is 12.8. The van der Waals surface area contributed by atoms with Gasteiger partial charge in [0.05, 0.1) is 13.2 Å². The Labute approximate surface area is 228 Å². The van der Waals surface area contributed by atoms with Gasteiger partial charge in [0.15, 0.2) is 0 Å². The van der Waals surface area contributed by atoms with Crippen molar-refractivity contribution in [3.8, 4) is 23.0 Å². The van der Waals surface area contributed by atoms with Crippen LogP contribution in [0.25, 0.3) is 0 Å². The van der Waals surface area contributed by atoms with Gasteiger partial charge in [0, 0.05) is 25.0 Å². The van der Waals surface area contributed by atoms with Crippen molar-refractivity contribution in [2.75, 3.05) is 13.2 Å². The third-order valence-electron chi connectivity index (χ3n) is 5.22. The Morgan fingerprint density at radius 2 is 0.897 bits per heavy atom. The van der Waals surface area contributed by atoms with Crippen molar-refractivity contribution in [2.24, 2.45) is 0 Å². The Morgan fingerprint density at radius 1 is 0.538 bits per heavy atom. The molecule has 2 rings (SSSR count). The summed E-state index contributed by atoms with van der Waals surface area (Å²) in [6.07, 6.45) is 6.82. The van der Waals surface area contributed by atoms with Crippen LogP contribution in [0.2, 0.25) is 0 Å². The average Bonchev–Trinajstić information content (AvgIpc) is 2.94. The number of esters is 4. The van der Waals surface area contributed by atoms with E-state index >= 15 is 0 Å². The van der Waals surface area contributed by atoms with Crippen LogP contribution in [0.1, 0.15) is 51.4 Å². The number of benzene rings is 2. The Kier molecular flexibility index (Phi) is 14.2. The Morgan fingerprint density at radius 3 is 1.26 bits per heavy atom. The number of carbonyl (C=O) groups excluding carboxylic acids is 4. The molecule has 9 nitrogen and oxygen atoms in total. The van der Waals surface area contributed by atoms with Crippen molar-refractivity contribution < 1.29 is 42.9 Å². The summed E-state index contributed by atoms with van der Waals surface area (Å²) in [6.45, 7) is 7.25. The molecule has 0 bridgehead atoms. The number of ether oxygens (including phenoxy) is 5. The molecule has 0 aromatic heterocycles. The second-order valence-corrected chi connectivity index (χ2v) is 8.36. The van der Waals surface area contributed by atoms with Crippen LogP contribution in [0.5, 0.6) is 23.0 Å². The van der Waals surface area contributed by atoms with E-state index in [1.165, 1.54) is 0 Å². The molecule has 39 heavy (non-hydrogen) atoms. The van der Waals surface area contributed by atoms with E-state index < -0.39 is 11.9 Å². The van der Waals surface area contributed by atoms with Crippen LogP contribution >= 0.6 is 0 Å². The van der Waals surface area contributed by atoms with E-state index in [4.69, 9.17) is 23.7 Å². The fraction of sp³-hybridized carbons (Fsp3) is 0.333. The molecule has 0 aliphatic carbocycles. The summed E-state index contributed by atoms with van der Waals surface area (Å²) < 4.78 is 26.2. The number of hydrogen-bond acceptors (Lipinski definition) is 9. The second-order valence-electron chi connectivity index (χ2n) is 8.36. The molecule has 2 aromatic rings. The van der Waals surface area contributed by atoms with Crippen molar-refractivity contribution in [3.63, 3.8) is 0 Å². The molecule has 208 valence electrons. The maximum Gasteiger partial charge on any atom is 0.330 e. The van der Waals surface area contributed by atoms with Crippen LogP contribution in [0.3, 0.4) is 0 Å². The third-order valence-corrected chi connectivity index (χ3v) is 5.22. The highest BCUT2D eigenvalue weighted by molar-refractivity contribution is 5.81.